The number of carbonyl (C=O) groups is 1. The van der Waals surface area contributed by atoms with Crippen LogP contribution in [0.4, 0.5) is 0 Å². The van der Waals surface area contributed by atoms with E-state index in [0.29, 0.717) is 6.42 Å². The minimum absolute atomic E-state index is 0.223. The summed E-state index contributed by atoms with van der Waals surface area (Å²) in [6.07, 6.45) is 5.70. The SMILES string of the molecule is CCn1cc(CN2CCN(C(=O)Cc3ccc4c(c3)C[C@H](C)O4)CC2)cn1. The van der Waals surface area contributed by atoms with Crippen molar-refractivity contribution >= 4 is 5.91 Å². The van der Waals surface area contributed by atoms with Crippen LogP contribution in [0.3, 0.4) is 0 Å². The smallest absolute Gasteiger partial charge is 0.227 e. The summed E-state index contributed by atoms with van der Waals surface area (Å²) in [5.41, 5.74) is 3.56. The molecular weight excluding hydrogens is 340 g/mol. The molecule has 0 unspecified atom stereocenters. The Bertz CT molecular complexity index is 808. The molecule has 2 aliphatic heterocycles. The standard InChI is InChI=1S/C21H28N4O2/c1-3-25-15-18(13-22-25)14-23-6-8-24(9-7-23)21(26)12-17-4-5-20-19(11-17)10-16(2)27-20/h4-5,11,13,15-16H,3,6-10,12,14H2,1-2H3/t16-/m0/s1. The van der Waals surface area contributed by atoms with Gasteiger partial charge in [0.05, 0.1) is 12.6 Å². The van der Waals surface area contributed by atoms with Gasteiger partial charge in [-0.1, -0.05) is 12.1 Å². The van der Waals surface area contributed by atoms with Gasteiger partial charge in [0, 0.05) is 57.4 Å². The van der Waals surface area contributed by atoms with Crippen molar-refractivity contribution in [1.29, 1.82) is 0 Å². The van der Waals surface area contributed by atoms with Crippen molar-refractivity contribution in [2.75, 3.05) is 26.2 Å². The molecule has 27 heavy (non-hydrogen) atoms. The Morgan fingerprint density at radius 2 is 2.04 bits per heavy atom. The molecule has 0 bridgehead atoms. The third kappa shape index (κ3) is 4.16. The van der Waals surface area contributed by atoms with Crippen LogP contribution < -0.4 is 4.74 Å². The largest absolute Gasteiger partial charge is 0.490 e. The Labute approximate surface area is 160 Å². The molecule has 1 aromatic carbocycles. The van der Waals surface area contributed by atoms with E-state index in [9.17, 15) is 4.79 Å². The zero-order chi connectivity index (χ0) is 18.8. The summed E-state index contributed by atoms with van der Waals surface area (Å²) in [6.45, 7) is 9.41. The quantitative estimate of drug-likeness (QED) is 0.811. The van der Waals surface area contributed by atoms with Crippen LogP contribution in [-0.2, 0) is 30.7 Å². The second-order valence-electron chi connectivity index (χ2n) is 7.61. The minimum Gasteiger partial charge on any atom is -0.490 e. The predicted octanol–water partition coefficient (Wildman–Crippen LogP) is 2.11. The number of carbonyl (C=O) groups excluding carboxylic acids is 1. The van der Waals surface area contributed by atoms with Crippen molar-refractivity contribution in [3.8, 4) is 5.75 Å². The normalized spacial score (nSPS) is 19.8. The van der Waals surface area contributed by atoms with Gasteiger partial charge in [0.1, 0.15) is 11.9 Å². The van der Waals surface area contributed by atoms with Crippen LogP contribution in [0.2, 0.25) is 0 Å². The lowest BCUT2D eigenvalue weighted by molar-refractivity contribution is -0.132. The molecule has 1 atom stereocenters. The number of ether oxygens (including phenoxy) is 1. The predicted molar refractivity (Wildman–Crippen MR) is 104 cm³/mol. The zero-order valence-corrected chi connectivity index (χ0v) is 16.2. The molecule has 1 fully saturated rings. The van der Waals surface area contributed by atoms with Crippen LogP contribution in [0.5, 0.6) is 5.75 Å². The zero-order valence-electron chi connectivity index (χ0n) is 16.2. The summed E-state index contributed by atoms with van der Waals surface area (Å²) in [4.78, 5) is 17.1. The topological polar surface area (TPSA) is 50.6 Å². The molecule has 2 aliphatic rings. The van der Waals surface area contributed by atoms with Crippen LogP contribution in [0.15, 0.2) is 30.6 Å². The van der Waals surface area contributed by atoms with Gasteiger partial charge in [-0.3, -0.25) is 14.4 Å². The second kappa shape index (κ2) is 7.72. The third-order valence-corrected chi connectivity index (χ3v) is 5.46. The van der Waals surface area contributed by atoms with E-state index in [1.54, 1.807) is 0 Å². The fourth-order valence-corrected chi connectivity index (χ4v) is 3.95. The summed E-state index contributed by atoms with van der Waals surface area (Å²) < 4.78 is 7.70. The van der Waals surface area contributed by atoms with E-state index in [1.807, 2.05) is 27.9 Å². The number of fused-ring (bicyclic) bond motifs is 1. The highest BCUT2D eigenvalue weighted by molar-refractivity contribution is 5.79. The van der Waals surface area contributed by atoms with Gasteiger partial charge in [0.2, 0.25) is 5.91 Å². The van der Waals surface area contributed by atoms with Crippen molar-refractivity contribution in [1.82, 2.24) is 19.6 Å². The number of hydrogen-bond acceptors (Lipinski definition) is 4. The first-order chi connectivity index (χ1) is 13.1. The molecule has 1 saturated heterocycles. The molecule has 0 N–H and O–H groups in total. The molecule has 0 radical (unpaired) electrons. The van der Waals surface area contributed by atoms with Gasteiger partial charge in [-0.15, -0.1) is 0 Å². The fourth-order valence-electron chi connectivity index (χ4n) is 3.95. The molecular formula is C21H28N4O2. The number of aromatic nitrogens is 2. The van der Waals surface area contributed by atoms with Gasteiger partial charge >= 0.3 is 0 Å². The average molecular weight is 368 g/mol. The lowest BCUT2D eigenvalue weighted by atomic mass is 10.0. The number of amides is 1. The first-order valence-electron chi connectivity index (χ1n) is 9.90. The number of aryl methyl sites for hydroxylation is 1. The Morgan fingerprint density at radius 1 is 1.22 bits per heavy atom. The second-order valence-corrected chi connectivity index (χ2v) is 7.61. The monoisotopic (exact) mass is 368 g/mol. The molecule has 2 aromatic rings. The molecule has 1 aromatic heterocycles. The van der Waals surface area contributed by atoms with Gasteiger partial charge in [0.25, 0.3) is 0 Å². The van der Waals surface area contributed by atoms with Crippen LogP contribution in [0, 0.1) is 0 Å². The number of piperazine rings is 1. The van der Waals surface area contributed by atoms with Crippen molar-refractivity contribution in [3.05, 3.63) is 47.3 Å². The van der Waals surface area contributed by atoms with Gasteiger partial charge in [-0.05, 0) is 31.0 Å². The molecule has 4 rings (SSSR count). The number of hydrogen-bond donors (Lipinski definition) is 0. The Morgan fingerprint density at radius 3 is 2.78 bits per heavy atom. The van der Waals surface area contributed by atoms with E-state index in [-0.39, 0.29) is 12.0 Å². The highest BCUT2D eigenvalue weighted by Gasteiger charge is 2.23. The first-order valence-corrected chi connectivity index (χ1v) is 9.90. The van der Waals surface area contributed by atoms with Crippen LogP contribution in [0.1, 0.15) is 30.5 Å². The Kier molecular flexibility index (Phi) is 5.16. The average Bonchev–Trinajstić information content (AvgIpc) is 3.27. The number of rotatable bonds is 5. The summed E-state index contributed by atoms with van der Waals surface area (Å²) in [6, 6.07) is 6.17. The third-order valence-electron chi connectivity index (χ3n) is 5.46. The van der Waals surface area contributed by atoms with Gasteiger partial charge in [0.15, 0.2) is 0 Å². The Hall–Kier alpha value is -2.34. The lowest BCUT2D eigenvalue weighted by Crippen LogP contribution is -2.48. The van der Waals surface area contributed by atoms with Crippen LogP contribution in [-0.4, -0.2) is 57.8 Å². The lowest BCUT2D eigenvalue weighted by Gasteiger charge is -2.34. The van der Waals surface area contributed by atoms with Gasteiger partial charge < -0.3 is 9.64 Å². The minimum atomic E-state index is 0.223. The van der Waals surface area contributed by atoms with E-state index < -0.39 is 0 Å². The highest BCUT2D eigenvalue weighted by atomic mass is 16.5. The molecule has 1 amide bonds. The molecule has 0 saturated carbocycles. The Balaban J connectivity index is 1.28. The van der Waals surface area contributed by atoms with Crippen LogP contribution in [0.25, 0.3) is 0 Å². The molecule has 0 aliphatic carbocycles. The summed E-state index contributed by atoms with van der Waals surface area (Å²) in [5, 5.41) is 4.34. The summed E-state index contributed by atoms with van der Waals surface area (Å²) in [7, 11) is 0. The van der Waals surface area contributed by atoms with E-state index in [2.05, 4.69) is 36.1 Å². The van der Waals surface area contributed by atoms with E-state index in [1.165, 1.54) is 11.1 Å². The van der Waals surface area contributed by atoms with E-state index in [0.717, 1.165) is 57.0 Å². The van der Waals surface area contributed by atoms with E-state index >= 15 is 0 Å². The van der Waals surface area contributed by atoms with Crippen molar-refractivity contribution in [3.63, 3.8) is 0 Å². The fraction of sp³-hybridized carbons (Fsp3) is 0.524. The molecule has 3 heterocycles. The van der Waals surface area contributed by atoms with E-state index in [4.69, 9.17) is 4.74 Å². The maximum atomic E-state index is 12.7. The maximum absolute atomic E-state index is 12.7. The molecule has 6 heteroatoms. The molecule has 144 valence electrons. The van der Waals surface area contributed by atoms with Crippen molar-refractivity contribution < 1.29 is 9.53 Å². The molecule has 0 spiro atoms. The highest BCUT2D eigenvalue weighted by Crippen LogP contribution is 2.29. The summed E-state index contributed by atoms with van der Waals surface area (Å²) >= 11 is 0. The summed E-state index contributed by atoms with van der Waals surface area (Å²) in [5.74, 6) is 1.19. The van der Waals surface area contributed by atoms with Crippen molar-refractivity contribution in [2.24, 2.45) is 0 Å². The van der Waals surface area contributed by atoms with Gasteiger partial charge in [-0.25, -0.2) is 0 Å². The molecule has 6 nitrogen and oxygen atoms in total. The van der Waals surface area contributed by atoms with Crippen LogP contribution >= 0.6 is 0 Å². The first kappa shape index (κ1) is 18.0. The van der Waals surface area contributed by atoms with Crippen molar-refractivity contribution in [2.45, 2.75) is 45.9 Å². The maximum Gasteiger partial charge on any atom is 0.227 e. The number of benzene rings is 1. The number of nitrogens with zero attached hydrogens (tertiary/aromatic N) is 4. The van der Waals surface area contributed by atoms with Gasteiger partial charge in [-0.2, -0.15) is 5.10 Å².